The van der Waals surface area contributed by atoms with Crippen LogP contribution >= 0.6 is 0 Å². The quantitative estimate of drug-likeness (QED) is 0.622. The van der Waals surface area contributed by atoms with Gasteiger partial charge in [0.15, 0.2) is 0 Å². The lowest BCUT2D eigenvalue weighted by atomic mass is 10.0. The van der Waals surface area contributed by atoms with Crippen LogP contribution in [0.1, 0.15) is 48.3 Å². The second kappa shape index (κ2) is 9.81. The lowest BCUT2D eigenvalue weighted by Gasteiger charge is -2.20. The van der Waals surface area contributed by atoms with Gasteiger partial charge in [0.25, 0.3) is 0 Å². The van der Waals surface area contributed by atoms with Crippen molar-refractivity contribution >= 4 is 5.91 Å². The minimum atomic E-state index is -0.132. The Morgan fingerprint density at radius 1 is 0.929 bits per heavy atom. The predicted molar refractivity (Wildman–Crippen MR) is 113 cm³/mol. The number of benzene rings is 2. The molecule has 0 spiro atoms. The molecule has 1 heterocycles. The van der Waals surface area contributed by atoms with E-state index < -0.39 is 0 Å². The van der Waals surface area contributed by atoms with Gasteiger partial charge < -0.3 is 5.32 Å². The molecule has 0 saturated carbocycles. The normalized spacial score (nSPS) is 12.9. The van der Waals surface area contributed by atoms with E-state index >= 15 is 0 Å². The third-order valence-electron chi connectivity index (χ3n) is 4.85. The van der Waals surface area contributed by atoms with Crippen LogP contribution in [-0.2, 0) is 11.2 Å². The van der Waals surface area contributed by atoms with E-state index in [4.69, 9.17) is 0 Å². The molecule has 2 atom stereocenters. The molecule has 0 aliphatic heterocycles. The molecule has 1 aromatic heterocycles. The molecule has 0 bridgehead atoms. The summed E-state index contributed by atoms with van der Waals surface area (Å²) in [5.74, 6) is -0.0380. The number of hydrogen-bond donors (Lipinski definition) is 2. The summed E-state index contributed by atoms with van der Waals surface area (Å²) in [5, 5.41) is 6.42. The van der Waals surface area contributed by atoms with E-state index in [1.54, 1.807) is 6.20 Å². The Balaban J connectivity index is 1.63. The van der Waals surface area contributed by atoms with Gasteiger partial charge >= 0.3 is 0 Å². The molecule has 4 heteroatoms. The second-order valence-electron chi connectivity index (χ2n) is 6.86. The molecule has 4 nitrogen and oxygen atoms in total. The molecule has 0 aliphatic carbocycles. The highest BCUT2D eigenvalue weighted by atomic mass is 16.1. The van der Waals surface area contributed by atoms with E-state index in [1.165, 1.54) is 5.56 Å². The van der Waals surface area contributed by atoms with Crippen molar-refractivity contribution in [2.45, 2.75) is 32.4 Å². The molecule has 0 fully saturated rings. The van der Waals surface area contributed by atoms with E-state index in [0.29, 0.717) is 0 Å². The van der Waals surface area contributed by atoms with Gasteiger partial charge in [-0.05, 0) is 42.2 Å². The molecule has 28 heavy (non-hydrogen) atoms. The number of hydrogen-bond acceptors (Lipinski definition) is 3. The minimum Gasteiger partial charge on any atom is -0.348 e. The fourth-order valence-corrected chi connectivity index (χ4v) is 3.20. The standard InChI is InChI=1S/C24H27N3O/c1-3-19-12-14-20(15-13-19)18(2)27-23(28)17-26-24(21-9-5-4-6-10-21)22-11-7-8-16-25-22/h4-16,18,24,26H,3,17H2,1-2H3,(H,27,28)/t18-,24-/m0/s1. The number of aryl methyl sites for hydroxylation is 1. The van der Waals surface area contributed by atoms with Gasteiger partial charge in [-0.2, -0.15) is 0 Å². The van der Waals surface area contributed by atoms with E-state index in [9.17, 15) is 4.79 Å². The van der Waals surface area contributed by atoms with E-state index in [1.807, 2.05) is 55.5 Å². The van der Waals surface area contributed by atoms with Crippen LogP contribution < -0.4 is 10.6 Å². The van der Waals surface area contributed by atoms with Crippen molar-refractivity contribution in [1.29, 1.82) is 0 Å². The highest BCUT2D eigenvalue weighted by Gasteiger charge is 2.17. The first-order chi connectivity index (χ1) is 13.7. The third kappa shape index (κ3) is 5.27. The van der Waals surface area contributed by atoms with Crippen molar-refractivity contribution in [3.05, 3.63) is 101 Å². The zero-order valence-corrected chi connectivity index (χ0v) is 16.4. The van der Waals surface area contributed by atoms with Gasteiger partial charge in [-0.25, -0.2) is 0 Å². The summed E-state index contributed by atoms with van der Waals surface area (Å²) in [6, 6.07) is 24.1. The third-order valence-corrected chi connectivity index (χ3v) is 4.85. The van der Waals surface area contributed by atoms with Crippen molar-refractivity contribution in [3.63, 3.8) is 0 Å². The number of nitrogens with one attached hydrogen (secondary N) is 2. The summed E-state index contributed by atoms with van der Waals surface area (Å²) in [7, 11) is 0. The SMILES string of the molecule is CCc1ccc([C@H](C)NC(=O)CN[C@@H](c2ccccc2)c2ccccn2)cc1. The average Bonchev–Trinajstić information content (AvgIpc) is 2.75. The molecule has 0 saturated heterocycles. The molecule has 2 N–H and O–H groups in total. The summed E-state index contributed by atoms with van der Waals surface area (Å²) < 4.78 is 0. The predicted octanol–water partition coefficient (Wildman–Crippen LogP) is 4.20. The van der Waals surface area contributed by atoms with E-state index in [-0.39, 0.29) is 24.5 Å². The Kier molecular flexibility index (Phi) is 6.93. The van der Waals surface area contributed by atoms with Crippen LogP contribution in [0.2, 0.25) is 0 Å². The Bertz CT molecular complexity index is 824. The van der Waals surface area contributed by atoms with Crippen LogP contribution in [0, 0.1) is 0 Å². The molecule has 3 aromatic rings. The monoisotopic (exact) mass is 373 g/mol. The fourth-order valence-electron chi connectivity index (χ4n) is 3.20. The molecular formula is C24H27N3O. The summed E-state index contributed by atoms with van der Waals surface area (Å²) in [5.41, 5.74) is 4.38. The van der Waals surface area contributed by atoms with Gasteiger partial charge in [0.2, 0.25) is 5.91 Å². The van der Waals surface area contributed by atoms with Crippen molar-refractivity contribution in [2.24, 2.45) is 0 Å². The van der Waals surface area contributed by atoms with E-state index in [0.717, 1.165) is 23.2 Å². The Hall–Kier alpha value is -2.98. The lowest BCUT2D eigenvalue weighted by molar-refractivity contribution is -0.121. The highest BCUT2D eigenvalue weighted by molar-refractivity contribution is 5.78. The summed E-state index contributed by atoms with van der Waals surface area (Å²) in [4.78, 5) is 17.0. The smallest absolute Gasteiger partial charge is 0.234 e. The van der Waals surface area contributed by atoms with Crippen molar-refractivity contribution in [1.82, 2.24) is 15.6 Å². The van der Waals surface area contributed by atoms with E-state index in [2.05, 4.69) is 46.8 Å². The van der Waals surface area contributed by atoms with Crippen molar-refractivity contribution in [3.8, 4) is 0 Å². The Morgan fingerprint density at radius 2 is 1.64 bits per heavy atom. The van der Waals surface area contributed by atoms with Gasteiger partial charge in [0, 0.05) is 6.20 Å². The molecule has 0 radical (unpaired) electrons. The number of nitrogens with zero attached hydrogens (tertiary/aromatic N) is 1. The highest BCUT2D eigenvalue weighted by Crippen LogP contribution is 2.19. The number of amides is 1. The molecule has 1 amide bonds. The maximum atomic E-state index is 12.5. The summed E-state index contributed by atoms with van der Waals surface area (Å²) in [6.45, 7) is 4.36. The lowest BCUT2D eigenvalue weighted by Crippen LogP contribution is -2.37. The Labute approximate surface area is 167 Å². The second-order valence-corrected chi connectivity index (χ2v) is 6.86. The molecular weight excluding hydrogens is 346 g/mol. The first kappa shape index (κ1) is 19.8. The maximum absolute atomic E-state index is 12.5. The fraction of sp³-hybridized carbons (Fsp3) is 0.250. The zero-order valence-electron chi connectivity index (χ0n) is 16.4. The molecule has 2 aromatic carbocycles. The first-order valence-corrected chi connectivity index (χ1v) is 9.75. The molecule has 144 valence electrons. The summed E-state index contributed by atoms with van der Waals surface area (Å²) in [6.07, 6.45) is 2.79. The average molecular weight is 374 g/mol. The zero-order chi connectivity index (χ0) is 19.8. The maximum Gasteiger partial charge on any atom is 0.234 e. The van der Waals surface area contributed by atoms with Crippen LogP contribution in [0.5, 0.6) is 0 Å². The molecule has 0 aliphatic rings. The van der Waals surface area contributed by atoms with Gasteiger partial charge in [-0.1, -0.05) is 67.6 Å². The van der Waals surface area contributed by atoms with Gasteiger partial charge in [-0.15, -0.1) is 0 Å². The Morgan fingerprint density at radius 3 is 2.29 bits per heavy atom. The van der Waals surface area contributed by atoms with Crippen LogP contribution in [-0.4, -0.2) is 17.4 Å². The molecule has 0 unspecified atom stereocenters. The van der Waals surface area contributed by atoms with Crippen molar-refractivity contribution < 1.29 is 4.79 Å². The van der Waals surface area contributed by atoms with Crippen LogP contribution in [0.15, 0.2) is 79.0 Å². The minimum absolute atomic E-state index is 0.0368. The van der Waals surface area contributed by atoms with Crippen LogP contribution in [0.4, 0.5) is 0 Å². The van der Waals surface area contributed by atoms with Crippen LogP contribution in [0.3, 0.4) is 0 Å². The number of pyridine rings is 1. The number of rotatable bonds is 8. The van der Waals surface area contributed by atoms with Gasteiger partial charge in [0.05, 0.1) is 24.3 Å². The largest absolute Gasteiger partial charge is 0.348 e. The van der Waals surface area contributed by atoms with Gasteiger partial charge in [-0.3, -0.25) is 15.1 Å². The topological polar surface area (TPSA) is 54.0 Å². The van der Waals surface area contributed by atoms with Crippen molar-refractivity contribution in [2.75, 3.05) is 6.54 Å². The summed E-state index contributed by atoms with van der Waals surface area (Å²) >= 11 is 0. The number of carbonyl (C=O) groups is 1. The van der Waals surface area contributed by atoms with Gasteiger partial charge in [0.1, 0.15) is 0 Å². The number of carbonyl (C=O) groups excluding carboxylic acids is 1. The number of aromatic nitrogens is 1. The molecule has 3 rings (SSSR count). The van der Waals surface area contributed by atoms with Crippen LogP contribution in [0.25, 0.3) is 0 Å². The first-order valence-electron chi connectivity index (χ1n) is 9.75.